The van der Waals surface area contributed by atoms with Gasteiger partial charge < -0.3 is 24.4 Å². The maximum Gasteiger partial charge on any atom is 0.407 e. The predicted molar refractivity (Wildman–Crippen MR) is 161 cm³/mol. The summed E-state index contributed by atoms with van der Waals surface area (Å²) in [6.45, 7) is 1.61. The number of benzene rings is 1. The number of ether oxygens (including phenoxy) is 2. The highest BCUT2D eigenvalue weighted by Gasteiger charge is 2.33. The van der Waals surface area contributed by atoms with E-state index in [0.29, 0.717) is 27.2 Å². The van der Waals surface area contributed by atoms with Crippen LogP contribution >= 0.6 is 11.6 Å². The minimum absolute atomic E-state index is 0.00451. The zero-order valence-corrected chi connectivity index (χ0v) is 24.9. The van der Waals surface area contributed by atoms with E-state index in [4.69, 9.17) is 21.1 Å². The fourth-order valence-electron chi connectivity index (χ4n) is 6.03. The first-order valence-corrected chi connectivity index (χ1v) is 14.5. The standard InChI is InChI=1S/C30H30ClFN8O4/c1-38-15-20(43-2)10-19(38)16-44-29-36-27-22(28(37-29)39-8-9-40(30(41)42)18(14-39)6-7-33)13-35-26(25(27)32)21-12-34-11-17-4-3-5-23(31)24(17)21/h3-5,11-13,18-20H,6,8-10,14-16H2,1-2H3,(H,41,42)/t18-,19-,20+/m0/s1. The zero-order valence-electron chi connectivity index (χ0n) is 24.2. The fraction of sp³-hybridized carbons (Fsp3) is 0.400. The summed E-state index contributed by atoms with van der Waals surface area (Å²) in [5, 5.41) is 21.2. The third kappa shape index (κ3) is 5.52. The molecule has 0 saturated carbocycles. The molecule has 0 radical (unpaired) electrons. The molecule has 6 rings (SSSR count). The molecule has 3 aromatic heterocycles. The van der Waals surface area contributed by atoms with Crippen molar-refractivity contribution in [2.24, 2.45) is 0 Å². The number of anilines is 1. The van der Waals surface area contributed by atoms with E-state index in [1.54, 1.807) is 25.4 Å². The van der Waals surface area contributed by atoms with Crippen LogP contribution in [-0.4, -0.2) is 106 Å². The normalized spacial score (nSPS) is 20.8. The molecule has 12 nitrogen and oxygen atoms in total. The average Bonchev–Trinajstić information content (AvgIpc) is 3.39. The average molecular weight is 621 g/mol. The summed E-state index contributed by atoms with van der Waals surface area (Å²) in [5.74, 6) is -0.347. The second kappa shape index (κ2) is 12.3. The Balaban J connectivity index is 1.44. The molecule has 2 aliphatic rings. The summed E-state index contributed by atoms with van der Waals surface area (Å²) in [6, 6.07) is 6.85. The highest BCUT2D eigenvalue weighted by atomic mass is 35.5. The van der Waals surface area contributed by atoms with Crippen molar-refractivity contribution in [3.05, 3.63) is 47.6 Å². The molecule has 44 heavy (non-hydrogen) atoms. The molecule has 1 N–H and O–H groups in total. The van der Waals surface area contributed by atoms with Crippen LogP contribution in [0.5, 0.6) is 6.01 Å². The molecule has 0 spiro atoms. The molecule has 4 aromatic rings. The second-order valence-corrected chi connectivity index (χ2v) is 11.4. The van der Waals surface area contributed by atoms with Crippen LogP contribution in [0.4, 0.5) is 15.0 Å². The van der Waals surface area contributed by atoms with Crippen LogP contribution in [0.15, 0.2) is 36.8 Å². The third-order valence-corrected chi connectivity index (χ3v) is 8.69. The highest BCUT2D eigenvalue weighted by Crippen LogP contribution is 2.37. The minimum atomic E-state index is -1.10. The lowest BCUT2D eigenvalue weighted by atomic mass is 10.0. The summed E-state index contributed by atoms with van der Waals surface area (Å²) in [4.78, 5) is 35.0. The number of likely N-dealkylation sites (tertiary alicyclic amines) is 1. The Labute approximate surface area is 257 Å². The number of carboxylic acid groups (broad SMARTS) is 1. The van der Waals surface area contributed by atoms with Gasteiger partial charge in [-0.05, 0) is 19.5 Å². The van der Waals surface area contributed by atoms with Crippen molar-refractivity contribution in [1.29, 1.82) is 5.26 Å². The van der Waals surface area contributed by atoms with Gasteiger partial charge in [-0.25, -0.2) is 9.18 Å². The Morgan fingerprint density at radius 2 is 2.05 bits per heavy atom. The number of fused-ring (bicyclic) bond motifs is 2. The van der Waals surface area contributed by atoms with E-state index in [1.807, 2.05) is 18.0 Å². The van der Waals surface area contributed by atoms with E-state index >= 15 is 4.39 Å². The van der Waals surface area contributed by atoms with Gasteiger partial charge in [-0.1, -0.05) is 23.7 Å². The van der Waals surface area contributed by atoms with Crippen molar-refractivity contribution < 1.29 is 23.8 Å². The number of halogens is 2. The molecule has 228 valence electrons. The Bertz CT molecular complexity index is 1770. The first-order valence-electron chi connectivity index (χ1n) is 14.1. The van der Waals surface area contributed by atoms with Gasteiger partial charge in [0.2, 0.25) is 0 Å². The Morgan fingerprint density at radius 1 is 1.20 bits per heavy atom. The van der Waals surface area contributed by atoms with Crippen molar-refractivity contribution in [3.8, 4) is 23.3 Å². The largest absolute Gasteiger partial charge is 0.465 e. The predicted octanol–water partition coefficient (Wildman–Crippen LogP) is 4.21. The number of amides is 1. The number of hydrogen-bond acceptors (Lipinski definition) is 10. The van der Waals surface area contributed by atoms with E-state index in [9.17, 15) is 15.2 Å². The number of methoxy groups -OCH3 is 1. The summed E-state index contributed by atoms with van der Waals surface area (Å²) in [7, 11) is 3.66. The van der Waals surface area contributed by atoms with E-state index in [0.717, 1.165) is 18.4 Å². The Hall–Kier alpha value is -4.38. The maximum absolute atomic E-state index is 16.6. The van der Waals surface area contributed by atoms with Crippen molar-refractivity contribution in [3.63, 3.8) is 0 Å². The van der Waals surface area contributed by atoms with Gasteiger partial charge in [0.1, 0.15) is 23.6 Å². The summed E-state index contributed by atoms with van der Waals surface area (Å²) >= 11 is 6.53. The molecule has 0 unspecified atom stereocenters. The topological polar surface area (TPSA) is 141 Å². The van der Waals surface area contributed by atoms with Gasteiger partial charge in [-0.15, -0.1) is 0 Å². The number of piperazine rings is 1. The molecule has 14 heteroatoms. The zero-order chi connectivity index (χ0) is 31.0. The Morgan fingerprint density at radius 3 is 2.80 bits per heavy atom. The molecular weight excluding hydrogens is 591 g/mol. The van der Waals surface area contributed by atoms with Gasteiger partial charge in [0.25, 0.3) is 0 Å². The van der Waals surface area contributed by atoms with Crippen LogP contribution in [0.2, 0.25) is 5.02 Å². The first kappa shape index (κ1) is 29.7. The van der Waals surface area contributed by atoms with Crippen LogP contribution < -0.4 is 9.64 Å². The molecule has 1 amide bonds. The van der Waals surface area contributed by atoms with Gasteiger partial charge in [0.15, 0.2) is 5.82 Å². The van der Waals surface area contributed by atoms with Crippen molar-refractivity contribution in [2.45, 2.75) is 31.0 Å². The fourth-order valence-corrected chi connectivity index (χ4v) is 6.31. The molecule has 5 heterocycles. The quantitative estimate of drug-likeness (QED) is 0.317. The smallest absolute Gasteiger partial charge is 0.407 e. The van der Waals surface area contributed by atoms with E-state index in [1.165, 1.54) is 17.3 Å². The van der Waals surface area contributed by atoms with Gasteiger partial charge >= 0.3 is 12.1 Å². The molecule has 1 aromatic carbocycles. The minimum Gasteiger partial charge on any atom is -0.465 e. The maximum atomic E-state index is 16.6. The number of rotatable bonds is 7. The second-order valence-electron chi connectivity index (χ2n) is 11.0. The molecule has 0 bridgehead atoms. The third-order valence-electron chi connectivity index (χ3n) is 8.37. The van der Waals surface area contributed by atoms with Gasteiger partial charge in [-0.3, -0.25) is 14.9 Å². The molecule has 2 saturated heterocycles. The van der Waals surface area contributed by atoms with Gasteiger partial charge in [0.05, 0.1) is 30.0 Å². The van der Waals surface area contributed by atoms with Crippen LogP contribution in [-0.2, 0) is 4.74 Å². The van der Waals surface area contributed by atoms with E-state index in [-0.39, 0.29) is 62.0 Å². The molecule has 2 aliphatic heterocycles. The molecule has 3 atom stereocenters. The van der Waals surface area contributed by atoms with Crippen LogP contribution in [0.1, 0.15) is 12.8 Å². The van der Waals surface area contributed by atoms with E-state index in [2.05, 4.69) is 30.9 Å². The lowest BCUT2D eigenvalue weighted by Gasteiger charge is -2.39. The Kier molecular flexibility index (Phi) is 8.31. The number of carbonyl (C=O) groups is 1. The van der Waals surface area contributed by atoms with E-state index < -0.39 is 18.0 Å². The summed E-state index contributed by atoms with van der Waals surface area (Å²) in [5.41, 5.74) is 0.430. The van der Waals surface area contributed by atoms with Crippen molar-refractivity contribution >= 4 is 45.2 Å². The molecular formula is C30H30ClFN8O4. The van der Waals surface area contributed by atoms with Crippen molar-refractivity contribution in [2.75, 3.05) is 51.8 Å². The van der Waals surface area contributed by atoms with Crippen LogP contribution in [0, 0.1) is 17.1 Å². The number of hydrogen-bond donors (Lipinski definition) is 1. The molecule has 2 fully saturated rings. The number of nitrogens with zero attached hydrogens (tertiary/aromatic N) is 8. The monoisotopic (exact) mass is 620 g/mol. The van der Waals surface area contributed by atoms with Gasteiger partial charge in [0, 0.05) is 79.3 Å². The lowest BCUT2D eigenvalue weighted by molar-refractivity contribution is 0.111. The number of pyridine rings is 2. The molecule has 0 aliphatic carbocycles. The summed E-state index contributed by atoms with van der Waals surface area (Å²) < 4.78 is 28.2. The van der Waals surface area contributed by atoms with Crippen LogP contribution in [0.25, 0.3) is 32.9 Å². The highest BCUT2D eigenvalue weighted by molar-refractivity contribution is 6.36. The lowest BCUT2D eigenvalue weighted by Crippen LogP contribution is -2.55. The van der Waals surface area contributed by atoms with Gasteiger partial charge in [-0.2, -0.15) is 15.2 Å². The summed E-state index contributed by atoms with van der Waals surface area (Å²) in [6.07, 6.45) is 4.41. The number of likely N-dealkylation sites (N-methyl/N-ethyl adjacent to an activating group) is 1. The first-order chi connectivity index (χ1) is 21.3. The SMILES string of the molecule is CO[C@@H]1C[C@@H](COc2nc(N3CCN(C(=O)O)[C@@H](CC#N)C3)c3cnc(-c4cncc5cccc(Cl)c45)c(F)c3n2)N(C)C1. The number of nitriles is 1. The number of aromatic nitrogens is 4. The van der Waals surface area contributed by atoms with Crippen molar-refractivity contribution in [1.82, 2.24) is 29.7 Å². The van der Waals surface area contributed by atoms with Crippen LogP contribution in [0.3, 0.4) is 0 Å².